The summed E-state index contributed by atoms with van der Waals surface area (Å²) in [5, 5.41) is 9.70. The van der Waals surface area contributed by atoms with Gasteiger partial charge in [0.2, 0.25) is 15.8 Å². The van der Waals surface area contributed by atoms with Crippen LogP contribution in [0.2, 0.25) is 0 Å². The van der Waals surface area contributed by atoms with Gasteiger partial charge in [-0.3, -0.25) is 4.79 Å². The molecule has 0 amide bonds. The summed E-state index contributed by atoms with van der Waals surface area (Å²) in [6.07, 6.45) is -4.71. The molecule has 0 fully saturated rings. The molecule has 3 aromatic carbocycles. The Morgan fingerprint density at radius 1 is 0.909 bits per heavy atom. The lowest BCUT2D eigenvalue weighted by Gasteiger charge is -2.24. The average molecular weight is 630 g/mol. The van der Waals surface area contributed by atoms with E-state index in [1.807, 2.05) is 6.92 Å². The molecule has 234 valence electrons. The molecule has 0 saturated heterocycles. The monoisotopic (exact) mass is 629 g/mol. The molecule has 0 radical (unpaired) electrons. The zero-order valence-corrected chi connectivity index (χ0v) is 26.1. The summed E-state index contributed by atoms with van der Waals surface area (Å²) in [4.78, 5) is 11.9. The predicted molar refractivity (Wildman–Crippen MR) is 160 cm³/mol. The number of benzene rings is 3. The van der Waals surface area contributed by atoms with E-state index in [4.69, 9.17) is 9.15 Å². The van der Waals surface area contributed by atoms with Crippen molar-refractivity contribution in [3.63, 3.8) is 0 Å². The Morgan fingerprint density at radius 2 is 1.52 bits per heavy atom. The highest BCUT2D eigenvalue weighted by Crippen LogP contribution is 2.36. The van der Waals surface area contributed by atoms with E-state index in [2.05, 4.69) is 0 Å². The van der Waals surface area contributed by atoms with Crippen molar-refractivity contribution in [2.45, 2.75) is 64.2 Å². The van der Waals surface area contributed by atoms with Crippen molar-refractivity contribution in [1.29, 1.82) is 0 Å². The van der Waals surface area contributed by atoms with Gasteiger partial charge in [-0.2, -0.15) is 17.5 Å². The largest absolute Gasteiger partial charge is 0.496 e. The number of aryl methyl sites for hydroxylation is 3. The van der Waals surface area contributed by atoms with E-state index in [-0.39, 0.29) is 17.2 Å². The first-order valence-electron chi connectivity index (χ1n) is 13.7. The predicted octanol–water partition coefficient (Wildman–Crippen LogP) is 7.65. The van der Waals surface area contributed by atoms with Crippen molar-refractivity contribution in [2.24, 2.45) is 0 Å². The van der Waals surface area contributed by atoms with Crippen LogP contribution in [-0.2, 0) is 39.5 Å². The normalized spacial score (nSPS) is 12.5. The number of ether oxygens (including phenoxy) is 1. The standard InChI is InChI=1S/C33H34F3NO6S/c1-20-15-21(2)30(22(3)16-20)44(40,41)37(19-26-12-14-29(43-26)33(34,35)36)18-23-7-9-24(10-8-23)27-17-25(11-13-28(27)42-6)32(4,5)31(38)39/h7-17H,18-19H2,1-6H3,(H,38,39). The Bertz CT molecular complexity index is 1770. The number of furan rings is 1. The number of methoxy groups -OCH3 is 1. The first-order valence-corrected chi connectivity index (χ1v) is 15.1. The van der Waals surface area contributed by atoms with Crippen molar-refractivity contribution in [3.05, 3.63) is 106 Å². The van der Waals surface area contributed by atoms with Gasteiger partial charge in [-0.05, 0) is 86.7 Å². The number of nitrogens with zero attached hydrogens (tertiary/aromatic N) is 1. The van der Waals surface area contributed by atoms with Gasteiger partial charge in [-0.1, -0.05) is 48.0 Å². The van der Waals surface area contributed by atoms with Crippen molar-refractivity contribution in [1.82, 2.24) is 4.31 Å². The molecule has 11 heteroatoms. The third kappa shape index (κ3) is 6.68. The summed E-state index contributed by atoms with van der Waals surface area (Å²) in [7, 11) is -2.68. The van der Waals surface area contributed by atoms with Gasteiger partial charge in [-0.25, -0.2) is 8.42 Å². The van der Waals surface area contributed by atoms with Crippen molar-refractivity contribution in [3.8, 4) is 16.9 Å². The maximum atomic E-state index is 14.1. The summed E-state index contributed by atoms with van der Waals surface area (Å²) in [5.41, 5.74) is 3.27. The van der Waals surface area contributed by atoms with Crippen LogP contribution in [0.15, 0.2) is 76.0 Å². The molecule has 0 aliphatic carbocycles. The van der Waals surface area contributed by atoms with Gasteiger partial charge in [0.05, 0.1) is 24.0 Å². The molecule has 0 unspecified atom stereocenters. The van der Waals surface area contributed by atoms with E-state index in [0.717, 1.165) is 22.0 Å². The summed E-state index contributed by atoms with van der Waals surface area (Å²) >= 11 is 0. The van der Waals surface area contributed by atoms with Crippen LogP contribution in [0, 0.1) is 20.8 Å². The Kier molecular flexibility index (Phi) is 9.04. The Balaban J connectivity index is 1.73. The molecule has 0 aliphatic rings. The van der Waals surface area contributed by atoms with E-state index >= 15 is 0 Å². The summed E-state index contributed by atoms with van der Waals surface area (Å²) < 4.78 is 79.4. The molecule has 0 bridgehead atoms. The molecule has 1 heterocycles. The Hall–Kier alpha value is -4.09. The van der Waals surface area contributed by atoms with Gasteiger partial charge in [-0.15, -0.1) is 0 Å². The average Bonchev–Trinajstić information content (AvgIpc) is 3.41. The number of aliphatic carboxylic acids is 1. The van der Waals surface area contributed by atoms with Crippen LogP contribution in [0.4, 0.5) is 13.2 Å². The van der Waals surface area contributed by atoms with Crippen LogP contribution in [-0.4, -0.2) is 30.9 Å². The number of hydrogen-bond acceptors (Lipinski definition) is 5. The van der Waals surface area contributed by atoms with Gasteiger partial charge < -0.3 is 14.3 Å². The number of carbonyl (C=O) groups is 1. The van der Waals surface area contributed by atoms with E-state index in [1.165, 1.54) is 7.11 Å². The topological polar surface area (TPSA) is 97.1 Å². The Morgan fingerprint density at radius 3 is 2.05 bits per heavy atom. The minimum Gasteiger partial charge on any atom is -0.496 e. The van der Waals surface area contributed by atoms with Crippen LogP contribution in [0.1, 0.15) is 53.2 Å². The lowest BCUT2D eigenvalue weighted by atomic mass is 9.83. The number of rotatable bonds is 10. The Labute approximate surface area is 254 Å². The zero-order chi connectivity index (χ0) is 32.6. The van der Waals surface area contributed by atoms with Crippen LogP contribution >= 0.6 is 0 Å². The SMILES string of the molecule is COc1ccc(C(C)(C)C(=O)O)cc1-c1ccc(CN(Cc2ccc(C(F)(F)F)o2)S(=O)(=O)c2c(C)cc(C)cc2C)cc1. The lowest BCUT2D eigenvalue weighted by Crippen LogP contribution is -2.31. The van der Waals surface area contributed by atoms with E-state index in [0.29, 0.717) is 39.1 Å². The molecule has 0 spiro atoms. The second-order valence-corrected chi connectivity index (χ2v) is 13.2. The molecule has 1 aromatic heterocycles. The van der Waals surface area contributed by atoms with Crippen LogP contribution in [0.3, 0.4) is 0 Å². The molecular formula is C33H34F3NO6S. The van der Waals surface area contributed by atoms with Gasteiger partial charge in [0.25, 0.3) is 0 Å². The molecular weight excluding hydrogens is 595 g/mol. The van der Waals surface area contributed by atoms with Crippen molar-refractivity contribution in [2.75, 3.05) is 7.11 Å². The molecule has 7 nitrogen and oxygen atoms in total. The molecule has 44 heavy (non-hydrogen) atoms. The molecule has 4 rings (SSSR count). The molecule has 0 saturated carbocycles. The quantitative estimate of drug-likeness (QED) is 0.194. The minimum absolute atomic E-state index is 0.0879. The van der Waals surface area contributed by atoms with Crippen molar-refractivity contribution < 1.29 is 40.6 Å². The third-order valence-electron chi connectivity index (χ3n) is 7.56. The number of hydrogen-bond donors (Lipinski definition) is 1. The number of halogens is 3. The first kappa shape index (κ1) is 32.8. The van der Waals surface area contributed by atoms with Gasteiger partial charge in [0, 0.05) is 12.1 Å². The molecule has 0 aliphatic heterocycles. The molecule has 4 aromatic rings. The fourth-order valence-electron chi connectivity index (χ4n) is 5.16. The van der Waals surface area contributed by atoms with Crippen LogP contribution < -0.4 is 4.74 Å². The van der Waals surface area contributed by atoms with Crippen LogP contribution in [0.5, 0.6) is 5.75 Å². The minimum atomic E-state index is -4.71. The lowest BCUT2D eigenvalue weighted by molar-refractivity contribution is -0.153. The molecule has 0 atom stereocenters. The number of carboxylic acids is 1. The third-order valence-corrected chi connectivity index (χ3v) is 9.65. The smallest absolute Gasteiger partial charge is 0.449 e. The maximum absolute atomic E-state index is 14.1. The summed E-state index contributed by atoms with van der Waals surface area (Å²) in [6.45, 7) is 7.85. The number of alkyl halides is 3. The van der Waals surface area contributed by atoms with E-state index in [1.54, 1.807) is 82.3 Å². The highest BCUT2D eigenvalue weighted by molar-refractivity contribution is 7.89. The zero-order valence-electron chi connectivity index (χ0n) is 25.2. The number of sulfonamides is 1. The highest BCUT2D eigenvalue weighted by atomic mass is 32.2. The van der Waals surface area contributed by atoms with E-state index in [9.17, 15) is 31.5 Å². The van der Waals surface area contributed by atoms with Gasteiger partial charge in [0.1, 0.15) is 11.5 Å². The fourth-order valence-corrected chi connectivity index (χ4v) is 6.96. The van der Waals surface area contributed by atoms with Crippen molar-refractivity contribution >= 4 is 16.0 Å². The second-order valence-electron chi connectivity index (χ2n) is 11.3. The summed E-state index contributed by atoms with van der Waals surface area (Å²) in [5.74, 6) is -1.82. The summed E-state index contributed by atoms with van der Waals surface area (Å²) in [6, 6.07) is 17.5. The van der Waals surface area contributed by atoms with Gasteiger partial charge >= 0.3 is 12.1 Å². The highest BCUT2D eigenvalue weighted by Gasteiger charge is 2.36. The number of carboxylic acid groups (broad SMARTS) is 1. The van der Waals surface area contributed by atoms with Gasteiger partial charge in [0.15, 0.2) is 0 Å². The first-order chi connectivity index (χ1) is 20.4. The second kappa shape index (κ2) is 12.1. The molecule has 1 N–H and O–H groups in total. The fraction of sp³-hybridized carbons (Fsp3) is 0.303. The van der Waals surface area contributed by atoms with E-state index < -0.39 is 39.9 Å². The maximum Gasteiger partial charge on any atom is 0.449 e. The van der Waals surface area contributed by atoms with Crippen LogP contribution in [0.25, 0.3) is 11.1 Å².